The van der Waals surface area contributed by atoms with Crippen molar-refractivity contribution < 1.29 is 14.1 Å². The summed E-state index contributed by atoms with van der Waals surface area (Å²) in [5, 5.41) is 2.75. The second-order valence-corrected chi connectivity index (χ2v) is 11.1. The van der Waals surface area contributed by atoms with Gasteiger partial charge >= 0.3 is 6.09 Å². The summed E-state index contributed by atoms with van der Waals surface area (Å²) in [6, 6.07) is 17.2. The summed E-state index contributed by atoms with van der Waals surface area (Å²) in [6.07, 6.45) is 9.06. The molecule has 244 valence electrons. The van der Waals surface area contributed by atoms with Gasteiger partial charge < -0.3 is 26.1 Å². The molecule has 0 fully saturated rings. The van der Waals surface area contributed by atoms with Crippen LogP contribution in [0.3, 0.4) is 0 Å². The summed E-state index contributed by atoms with van der Waals surface area (Å²) >= 11 is 0. The highest BCUT2D eigenvalue weighted by Gasteiger charge is 2.29. The molecule has 1 amide bonds. The van der Waals surface area contributed by atoms with E-state index in [1.54, 1.807) is 6.33 Å². The van der Waals surface area contributed by atoms with Gasteiger partial charge in [0.15, 0.2) is 0 Å². The summed E-state index contributed by atoms with van der Waals surface area (Å²) in [5.41, 5.74) is 18.5. The maximum Gasteiger partial charge on any atom is 0.407 e. The number of aromatic amines is 1. The van der Waals surface area contributed by atoms with E-state index >= 15 is 0 Å². The van der Waals surface area contributed by atoms with Gasteiger partial charge in [-0.2, -0.15) is 0 Å². The van der Waals surface area contributed by atoms with Gasteiger partial charge in [0.2, 0.25) is 6.33 Å². The number of benzene rings is 2. The van der Waals surface area contributed by atoms with Crippen molar-refractivity contribution in [2.45, 2.75) is 86.9 Å². The first kappa shape index (κ1) is 40.1. The van der Waals surface area contributed by atoms with Crippen LogP contribution in [-0.2, 0) is 31.7 Å². The van der Waals surface area contributed by atoms with Crippen LogP contribution in [0, 0.1) is 0 Å². The molecule has 9 nitrogen and oxygen atoms in total. The molecule has 44 heavy (non-hydrogen) atoms. The van der Waals surface area contributed by atoms with Gasteiger partial charge in [0.05, 0.1) is 13.4 Å². The molecule has 4 aromatic rings. The van der Waals surface area contributed by atoms with Gasteiger partial charge in [0.1, 0.15) is 18.5 Å². The van der Waals surface area contributed by atoms with E-state index in [1.807, 2.05) is 93.9 Å². The number of ether oxygens (including phenoxy) is 1. The van der Waals surface area contributed by atoms with Crippen LogP contribution in [0.15, 0.2) is 73.6 Å². The van der Waals surface area contributed by atoms with Crippen LogP contribution in [0.5, 0.6) is 0 Å². The van der Waals surface area contributed by atoms with Gasteiger partial charge in [-0.1, -0.05) is 70.8 Å². The molecule has 0 saturated heterocycles. The number of rotatable bonds is 7. The normalized spacial score (nSPS) is 12.3. The van der Waals surface area contributed by atoms with Gasteiger partial charge in [0.25, 0.3) is 0 Å². The van der Waals surface area contributed by atoms with Crippen molar-refractivity contribution >= 4 is 6.09 Å². The standard InChI is InChI=1S/C18H19NO2.2C7H13N3.3CH4/c1-12(2)19-18(20)21-11-17-15-9-5-3-7-13(15)14-8-4-6-10-16(14)17;1-6(8)3-7-4-10(2)5-9-7;1-6(8)3-7-4-9-5-10(7)2;;;/h3-10,12,17H,11H2,1-2H3,(H,19,20);2*4-6H,3,8H2,1-2H3;3*1H4/p+1. The topological polar surface area (TPSA) is 128 Å². The molecule has 0 saturated carbocycles. The first-order chi connectivity index (χ1) is 19.5. The third-order valence-electron chi connectivity index (χ3n) is 6.55. The van der Waals surface area contributed by atoms with Crippen molar-refractivity contribution in [1.82, 2.24) is 19.9 Å². The summed E-state index contributed by atoms with van der Waals surface area (Å²) in [7, 11) is 3.96. The fourth-order valence-electron chi connectivity index (χ4n) is 4.75. The highest BCUT2D eigenvalue weighted by molar-refractivity contribution is 5.79. The number of nitrogens with one attached hydrogen (secondary N) is 2. The van der Waals surface area contributed by atoms with Crippen LogP contribution in [0.25, 0.3) is 11.1 Å². The average molecular weight is 609 g/mol. The number of aromatic nitrogens is 4. The maximum absolute atomic E-state index is 11.7. The number of amides is 1. The zero-order valence-corrected chi connectivity index (χ0v) is 25.2. The predicted octanol–water partition coefficient (Wildman–Crippen LogP) is 5.88. The zero-order chi connectivity index (χ0) is 29.9. The molecule has 6 N–H and O–H groups in total. The van der Waals surface area contributed by atoms with Crippen molar-refractivity contribution in [1.29, 1.82) is 0 Å². The summed E-state index contributed by atoms with van der Waals surface area (Å²) in [6.45, 7) is 8.20. The Labute approximate surface area is 266 Å². The molecule has 5 rings (SSSR count). The smallest absolute Gasteiger partial charge is 0.407 e. The number of hydrogen-bond acceptors (Lipinski definition) is 5. The summed E-state index contributed by atoms with van der Waals surface area (Å²) in [4.78, 5) is 18.8. The van der Waals surface area contributed by atoms with E-state index in [2.05, 4.69) is 39.6 Å². The number of fused-ring (bicyclic) bond motifs is 3. The molecule has 2 heterocycles. The fraction of sp³-hybridized carbons (Fsp3) is 0.457. The zero-order valence-electron chi connectivity index (χ0n) is 25.2. The third kappa shape index (κ3) is 12.0. The van der Waals surface area contributed by atoms with Gasteiger partial charge in [0, 0.05) is 55.8 Å². The fourth-order valence-corrected chi connectivity index (χ4v) is 4.75. The minimum atomic E-state index is -0.355. The quantitative estimate of drug-likeness (QED) is 0.195. The van der Waals surface area contributed by atoms with Crippen LogP contribution < -0.4 is 21.4 Å². The maximum atomic E-state index is 11.7. The van der Waals surface area contributed by atoms with Gasteiger partial charge in [-0.3, -0.25) is 0 Å². The Morgan fingerprint density at radius 2 is 1.52 bits per heavy atom. The van der Waals surface area contributed by atoms with E-state index in [0.29, 0.717) is 6.61 Å². The lowest BCUT2D eigenvalue weighted by Gasteiger charge is -2.15. The molecule has 1 aliphatic carbocycles. The number of nitrogens with two attached hydrogens (primary N) is 2. The van der Waals surface area contributed by atoms with Crippen LogP contribution in [0.1, 0.15) is 78.4 Å². The highest BCUT2D eigenvalue weighted by Crippen LogP contribution is 2.44. The number of carbonyl (C=O) groups is 1. The van der Waals surface area contributed by atoms with E-state index in [0.717, 1.165) is 12.8 Å². The number of H-pyrrole nitrogens is 1. The van der Waals surface area contributed by atoms with E-state index in [1.165, 1.54) is 33.6 Å². The Hall–Kier alpha value is -3.95. The largest absolute Gasteiger partial charge is 0.449 e. The van der Waals surface area contributed by atoms with E-state index in [9.17, 15) is 4.79 Å². The number of hydrogen-bond donors (Lipinski definition) is 4. The molecular formula is C35H58N7O2+. The molecule has 0 bridgehead atoms. The van der Waals surface area contributed by atoms with Crippen LogP contribution in [0.2, 0.25) is 0 Å². The first-order valence-corrected chi connectivity index (χ1v) is 14.2. The van der Waals surface area contributed by atoms with E-state index < -0.39 is 0 Å². The second-order valence-electron chi connectivity index (χ2n) is 11.1. The van der Waals surface area contributed by atoms with Crippen LogP contribution >= 0.6 is 0 Å². The molecular weight excluding hydrogens is 550 g/mol. The molecule has 1 aliphatic rings. The lowest BCUT2D eigenvalue weighted by atomic mass is 9.98. The first-order valence-electron chi connectivity index (χ1n) is 14.2. The average Bonchev–Trinajstić information content (AvgIpc) is 3.60. The summed E-state index contributed by atoms with van der Waals surface area (Å²) < 4.78 is 9.37. The molecule has 0 aliphatic heterocycles. The molecule has 2 aromatic carbocycles. The Morgan fingerprint density at radius 3 is 1.95 bits per heavy atom. The molecule has 9 heteroatoms. The van der Waals surface area contributed by atoms with Gasteiger partial charge in [-0.05, 0) is 49.9 Å². The van der Waals surface area contributed by atoms with Crippen molar-refractivity contribution in [3.63, 3.8) is 0 Å². The molecule has 0 spiro atoms. The highest BCUT2D eigenvalue weighted by atomic mass is 16.5. The number of alkyl carbamates (subject to hydrolysis) is 1. The minimum Gasteiger partial charge on any atom is -0.449 e. The van der Waals surface area contributed by atoms with Crippen LogP contribution in [0.4, 0.5) is 4.79 Å². The van der Waals surface area contributed by atoms with Crippen molar-refractivity contribution in [3.05, 3.63) is 96.1 Å². The monoisotopic (exact) mass is 608 g/mol. The van der Waals surface area contributed by atoms with Crippen molar-refractivity contribution in [3.8, 4) is 11.1 Å². The summed E-state index contributed by atoms with van der Waals surface area (Å²) in [5.74, 6) is 0.121. The second kappa shape index (κ2) is 19.4. The van der Waals surface area contributed by atoms with Gasteiger partial charge in [-0.15, -0.1) is 0 Å². The van der Waals surface area contributed by atoms with Crippen molar-refractivity contribution in [2.24, 2.45) is 25.6 Å². The molecule has 0 radical (unpaired) electrons. The minimum absolute atomic E-state index is 0. The Morgan fingerprint density at radius 1 is 0.977 bits per heavy atom. The molecule has 2 aromatic heterocycles. The van der Waals surface area contributed by atoms with Crippen molar-refractivity contribution in [2.75, 3.05) is 6.61 Å². The molecule has 2 atom stereocenters. The van der Waals surface area contributed by atoms with Crippen LogP contribution in [-0.4, -0.2) is 45.4 Å². The Balaban J connectivity index is 0.000000683. The number of imidazole rings is 2. The lowest BCUT2D eigenvalue weighted by molar-refractivity contribution is -0.670. The number of aryl methyl sites for hydroxylation is 2. The van der Waals surface area contributed by atoms with E-state index in [4.69, 9.17) is 16.2 Å². The predicted molar refractivity (Wildman–Crippen MR) is 183 cm³/mol. The molecule has 2 unspecified atom stereocenters. The Bertz CT molecular complexity index is 1330. The SMILES string of the molecule is C.C.C.CC(C)NC(=O)OCC1c2ccccc2-c2ccccc21.CC(N)Cc1c[n+](C)c[nH]1.CC(N)Cc1cncn1C. The number of nitrogens with zero attached hydrogens (tertiary/aromatic N) is 3. The lowest BCUT2D eigenvalue weighted by Crippen LogP contribution is -2.31. The van der Waals surface area contributed by atoms with E-state index in [-0.39, 0.29) is 52.4 Å². The third-order valence-corrected chi connectivity index (χ3v) is 6.55. The Kier molecular flexibility index (Phi) is 17.6. The number of carbonyl (C=O) groups excluding carboxylic acids is 1. The van der Waals surface area contributed by atoms with Gasteiger partial charge in [-0.25, -0.2) is 19.3 Å².